The Balaban J connectivity index is 0.000000720. The van der Waals surface area contributed by atoms with Crippen molar-refractivity contribution >= 4 is 30.7 Å². The van der Waals surface area contributed by atoms with Crippen LogP contribution in [0.15, 0.2) is 0 Å². The van der Waals surface area contributed by atoms with Crippen molar-refractivity contribution in [2.24, 2.45) is 0 Å². The summed E-state index contributed by atoms with van der Waals surface area (Å²) in [4.78, 5) is 13.2. The van der Waals surface area contributed by atoms with E-state index in [4.69, 9.17) is 0 Å². The van der Waals surface area contributed by atoms with Gasteiger partial charge in [-0.25, -0.2) is 0 Å². The van der Waals surface area contributed by atoms with E-state index in [0.29, 0.717) is 12.6 Å². The Labute approximate surface area is 90.2 Å². The summed E-state index contributed by atoms with van der Waals surface area (Å²) in [6.45, 7) is 4.51. The summed E-state index contributed by atoms with van der Waals surface area (Å²) >= 11 is 0. The largest absolute Gasteiger partial charge is 0.354 e. The Morgan fingerprint density at radius 2 is 2.00 bits per heavy atom. The zero-order valence-electron chi connectivity index (χ0n) is 7.28. The molecular formula is C7H15Cl2N3O. The van der Waals surface area contributed by atoms with Crippen molar-refractivity contribution in [3.8, 4) is 0 Å². The van der Waals surface area contributed by atoms with Gasteiger partial charge >= 0.3 is 0 Å². The van der Waals surface area contributed by atoms with Gasteiger partial charge in [-0.15, -0.1) is 24.8 Å². The summed E-state index contributed by atoms with van der Waals surface area (Å²) in [7, 11) is 0. The highest BCUT2D eigenvalue weighted by molar-refractivity contribution is 5.85. The summed E-state index contributed by atoms with van der Waals surface area (Å²) < 4.78 is 0. The number of carbonyl (C=O) groups excluding carboxylic acids is 1. The molecule has 13 heavy (non-hydrogen) atoms. The minimum atomic E-state index is 0. The Kier molecular flexibility index (Phi) is 5.64. The second-order valence-electron chi connectivity index (χ2n) is 3.13. The number of hydrogen-bond acceptors (Lipinski definition) is 3. The lowest BCUT2D eigenvalue weighted by Crippen LogP contribution is -2.62. The van der Waals surface area contributed by atoms with E-state index < -0.39 is 0 Å². The molecule has 0 spiro atoms. The molecule has 2 N–H and O–H groups in total. The van der Waals surface area contributed by atoms with Gasteiger partial charge in [0.05, 0.1) is 6.54 Å². The third kappa shape index (κ3) is 2.98. The van der Waals surface area contributed by atoms with Crippen molar-refractivity contribution in [3.63, 3.8) is 0 Å². The first kappa shape index (κ1) is 13.0. The van der Waals surface area contributed by atoms with Crippen LogP contribution in [0.3, 0.4) is 0 Å². The highest BCUT2D eigenvalue weighted by Gasteiger charge is 2.27. The number of amides is 1. The molecule has 0 radical (unpaired) electrons. The Morgan fingerprint density at radius 1 is 1.31 bits per heavy atom. The van der Waals surface area contributed by atoms with Gasteiger partial charge in [0.25, 0.3) is 0 Å². The first-order valence-electron chi connectivity index (χ1n) is 4.08. The molecule has 0 aromatic carbocycles. The van der Waals surface area contributed by atoms with Crippen molar-refractivity contribution in [1.82, 2.24) is 15.5 Å². The highest BCUT2D eigenvalue weighted by atomic mass is 35.5. The van der Waals surface area contributed by atoms with Crippen molar-refractivity contribution in [3.05, 3.63) is 0 Å². The number of nitrogens with one attached hydrogen (secondary N) is 2. The average Bonchev–Trinajstić information content (AvgIpc) is 1.83. The van der Waals surface area contributed by atoms with Gasteiger partial charge in [0.1, 0.15) is 0 Å². The van der Waals surface area contributed by atoms with E-state index in [2.05, 4.69) is 15.5 Å². The number of piperazine rings is 1. The van der Waals surface area contributed by atoms with E-state index >= 15 is 0 Å². The quantitative estimate of drug-likeness (QED) is 0.619. The third-order valence-corrected chi connectivity index (χ3v) is 2.34. The first-order chi connectivity index (χ1) is 5.36. The van der Waals surface area contributed by atoms with E-state index in [-0.39, 0.29) is 30.7 Å². The zero-order valence-corrected chi connectivity index (χ0v) is 8.92. The van der Waals surface area contributed by atoms with Crippen LogP contribution < -0.4 is 10.6 Å². The molecule has 4 nitrogen and oxygen atoms in total. The lowest BCUT2D eigenvalue weighted by molar-refractivity contribution is -0.125. The van der Waals surface area contributed by atoms with Gasteiger partial charge in [0.2, 0.25) is 5.91 Å². The van der Waals surface area contributed by atoms with Crippen LogP contribution >= 0.6 is 24.8 Å². The predicted octanol–water partition coefficient (Wildman–Crippen LogP) is -0.766. The van der Waals surface area contributed by atoms with Gasteiger partial charge in [-0.3, -0.25) is 9.69 Å². The smallest absolute Gasteiger partial charge is 0.234 e. The number of rotatable bonds is 1. The summed E-state index contributed by atoms with van der Waals surface area (Å²) in [6.07, 6.45) is 0. The van der Waals surface area contributed by atoms with E-state index in [1.165, 1.54) is 0 Å². The molecule has 2 aliphatic rings. The van der Waals surface area contributed by atoms with Gasteiger partial charge in [0.15, 0.2) is 0 Å². The maximum Gasteiger partial charge on any atom is 0.234 e. The maximum atomic E-state index is 10.9. The molecule has 0 aromatic rings. The summed E-state index contributed by atoms with van der Waals surface area (Å²) in [5.41, 5.74) is 0. The first-order valence-corrected chi connectivity index (χ1v) is 4.08. The molecule has 78 valence electrons. The SMILES string of the molecule is Cl.Cl.O=C1CN(C2CNC2)CCN1. The van der Waals surface area contributed by atoms with Crippen molar-refractivity contribution in [1.29, 1.82) is 0 Å². The molecule has 0 aliphatic carbocycles. The molecule has 0 saturated carbocycles. The molecule has 2 saturated heterocycles. The fourth-order valence-electron chi connectivity index (χ4n) is 1.50. The molecule has 2 fully saturated rings. The fraction of sp³-hybridized carbons (Fsp3) is 0.857. The third-order valence-electron chi connectivity index (χ3n) is 2.34. The lowest BCUT2D eigenvalue weighted by atomic mass is 10.1. The topological polar surface area (TPSA) is 44.4 Å². The van der Waals surface area contributed by atoms with Crippen LogP contribution in [-0.2, 0) is 4.79 Å². The molecule has 6 heteroatoms. The second-order valence-corrected chi connectivity index (χ2v) is 3.13. The molecule has 1 amide bonds. The van der Waals surface area contributed by atoms with Gasteiger partial charge in [-0.05, 0) is 0 Å². The normalized spacial score (nSPS) is 23.5. The minimum absolute atomic E-state index is 0. The monoisotopic (exact) mass is 227 g/mol. The highest BCUT2D eigenvalue weighted by Crippen LogP contribution is 2.05. The minimum Gasteiger partial charge on any atom is -0.354 e. The van der Waals surface area contributed by atoms with Crippen molar-refractivity contribution in [2.45, 2.75) is 6.04 Å². The summed E-state index contributed by atoms with van der Waals surface area (Å²) in [5, 5.41) is 6.01. The van der Waals surface area contributed by atoms with Gasteiger partial charge < -0.3 is 10.6 Å². The standard InChI is InChI=1S/C7H13N3O.2ClH/c11-7-5-10(2-1-9-7)6-3-8-4-6;;/h6,8H,1-5H2,(H,9,11);2*1H. The van der Waals surface area contributed by atoms with E-state index in [9.17, 15) is 4.79 Å². The fourth-order valence-corrected chi connectivity index (χ4v) is 1.50. The molecule has 0 aromatic heterocycles. The van der Waals surface area contributed by atoms with Crippen LogP contribution in [0.25, 0.3) is 0 Å². The Bertz CT molecular complexity index is 175. The Morgan fingerprint density at radius 3 is 2.46 bits per heavy atom. The average molecular weight is 228 g/mol. The molecule has 0 atom stereocenters. The molecule has 2 aliphatic heterocycles. The van der Waals surface area contributed by atoms with Crippen molar-refractivity contribution in [2.75, 3.05) is 32.7 Å². The second kappa shape index (κ2) is 5.65. The molecular weight excluding hydrogens is 213 g/mol. The van der Waals surface area contributed by atoms with Crippen molar-refractivity contribution < 1.29 is 4.79 Å². The number of nitrogens with zero attached hydrogens (tertiary/aromatic N) is 1. The van der Waals surface area contributed by atoms with Crippen LogP contribution in [0.1, 0.15) is 0 Å². The Hall–Kier alpha value is -0.0300. The molecule has 2 heterocycles. The number of halogens is 2. The van der Waals surface area contributed by atoms with Crippen LogP contribution in [-0.4, -0.2) is 49.6 Å². The van der Waals surface area contributed by atoms with E-state index in [1.54, 1.807) is 0 Å². The summed E-state index contributed by atoms with van der Waals surface area (Å²) in [5.74, 6) is 0.170. The number of carbonyl (C=O) groups is 1. The maximum absolute atomic E-state index is 10.9. The molecule has 2 rings (SSSR count). The number of hydrogen-bond donors (Lipinski definition) is 2. The zero-order chi connectivity index (χ0) is 7.68. The van der Waals surface area contributed by atoms with E-state index in [1.807, 2.05) is 0 Å². The molecule has 0 bridgehead atoms. The lowest BCUT2D eigenvalue weighted by Gasteiger charge is -2.39. The summed E-state index contributed by atoms with van der Waals surface area (Å²) in [6, 6.07) is 0.612. The van der Waals surface area contributed by atoms with Gasteiger partial charge in [0, 0.05) is 32.2 Å². The van der Waals surface area contributed by atoms with E-state index in [0.717, 1.165) is 26.2 Å². The molecule has 0 unspecified atom stereocenters. The van der Waals surface area contributed by atoms with Crippen LogP contribution in [0, 0.1) is 0 Å². The van der Waals surface area contributed by atoms with Gasteiger partial charge in [-0.1, -0.05) is 0 Å². The van der Waals surface area contributed by atoms with Gasteiger partial charge in [-0.2, -0.15) is 0 Å². The van der Waals surface area contributed by atoms with Crippen LogP contribution in [0.2, 0.25) is 0 Å². The predicted molar refractivity (Wildman–Crippen MR) is 55.7 cm³/mol. The van der Waals surface area contributed by atoms with Crippen LogP contribution in [0.4, 0.5) is 0 Å². The van der Waals surface area contributed by atoms with Crippen LogP contribution in [0.5, 0.6) is 0 Å².